The van der Waals surface area contributed by atoms with Crippen molar-refractivity contribution < 1.29 is 9.21 Å². The van der Waals surface area contributed by atoms with Gasteiger partial charge in [0, 0.05) is 6.04 Å². The molecule has 1 fully saturated rings. The van der Waals surface area contributed by atoms with Gasteiger partial charge in [-0.3, -0.25) is 14.4 Å². The molecule has 1 aliphatic heterocycles. The molecule has 0 unspecified atom stereocenters. The van der Waals surface area contributed by atoms with E-state index in [1.165, 1.54) is 6.33 Å². The van der Waals surface area contributed by atoms with Gasteiger partial charge in [0.2, 0.25) is 5.91 Å². The Labute approximate surface area is 129 Å². The maximum Gasteiger partial charge on any atom is 0.234 e. The topological polar surface area (TPSA) is 76.2 Å². The summed E-state index contributed by atoms with van der Waals surface area (Å²) >= 11 is 0. The van der Waals surface area contributed by atoms with Gasteiger partial charge in [-0.2, -0.15) is 5.10 Å². The minimum atomic E-state index is -0.112. The van der Waals surface area contributed by atoms with E-state index in [2.05, 4.69) is 20.3 Å². The van der Waals surface area contributed by atoms with E-state index in [4.69, 9.17) is 4.42 Å². The van der Waals surface area contributed by atoms with E-state index in [0.717, 1.165) is 31.7 Å². The normalized spacial score (nSPS) is 20.1. The number of amides is 1. The number of hydrogen-bond donors (Lipinski definition) is 1. The summed E-state index contributed by atoms with van der Waals surface area (Å²) in [4.78, 5) is 18.4. The molecular formula is C15H21N5O2. The number of nitrogens with one attached hydrogen (secondary N) is 1. The smallest absolute Gasteiger partial charge is 0.234 e. The van der Waals surface area contributed by atoms with Crippen LogP contribution in [-0.4, -0.2) is 44.7 Å². The number of furan rings is 1. The van der Waals surface area contributed by atoms with Crippen molar-refractivity contribution in [1.29, 1.82) is 0 Å². The quantitative estimate of drug-likeness (QED) is 0.868. The lowest BCUT2D eigenvalue weighted by atomic mass is 10.2. The second kappa shape index (κ2) is 6.74. The van der Waals surface area contributed by atoms with Crippen molar-refractivity contribution in [3.05, 3.63) is 36.8 Å². The summed E-state index contributed by atoms with van der Waals surface area (Å²) in [6, 6.07) is 3.92. The van der Waals surface area contributed by atoms with Crippen LogP contribution in [0, 0.1) is 0 Å². The fraction of sp³-hybridized carbons (Fsp3) is 0.533. The molecule has 1 amide bonds. The highest BCUT2D eigenvalue weighted by molar-refractivity contribution is 5.78. The van der Waals surface area contributed by atoms with E-state index in [9.17, 15) is 4.79 Å². The summed E-state index contributed by atoms with van der Waals surface area (Å²) in [7, 11) is 0. The zero-order chi connectivity index (χ0) is 15.4. The molecule has 0 saturated carbocycles. The Balaban J connectivity index is 1.51. The lowest BCUT2D eigenvalue weighted by molar-refractivity contribution is -0.123. The van der Waals surface area contributed by atoms with Crippen molar-refractivity contribution in [1.82, 2.24) is 25.0 Å². The first kappa shape index (κ1) is 14.8. The van der Waals surface area contributed by atoms with Crippen molar-refractivity contribution >= 4 is 5.91 Å². The first-order chi connectivity index (χ1) is 10.7. The highest BCUT2D eigenvalue weighted by atomic mass is 16.3. The monoisotopic (exact) mass is 303 g/mol. The Morgan fingerprint density at radius 1 is 1.59 bits per heavy atom. The molecule has 7 nitrogen and oxygen atoms in total. The fourth-order valence-corrected chi connectivity index (χ4v) is 2.93. The van der Waals surface area contributed by atoms with Gasteiger partial charge in [0.15, 0.2) is 0 Å². The van der Waals surface area contributed by atoms with Crippen molar-refractivity contribution in [3.63, 3.8) is 0 Å². The zero-order valence-electron chi connectivity index (χ0n) is 12.7. The van der Waals surface area contributed by atoms with Crippen LogP contribution in [0.4, 0.5) is 0 Å². The highest BCUT2D eigenvalue weighted by Gasteiger charge is 2.27. The minimum Gasteiger partial charge on any atom is -0.467 e. The molecule has 0 aromatic carbocycles. The molecule has 0 aliphatic carbocycles. The van der Waals surface area contributed by atoms with E-state index < -0.39 is 0 Å². The first-order valence-electron chi connectivity index (χ1n) is 7.61. The van der Waals surface area contributed by atoms with Crippen LogP contribution >= 0.6 is 0 Å². The van der Waals surface area contributed by atoms with Crippen molar-refractivity contribution in [2.24, 2.45) is 0 Å². The first-order valence-corrected chi connectivity index (χ1v) is 7.61. The predicted octanol–water partition coefficient (Wildman–Crippen LogP) is 1.21. The number of nitrogens with zero attached hydrogens (tertiary/aromatic N) is 4. The van der Waals surface area contributed by atoms with Crippen LogP contribution in [-0.2, 0) is 11.3 Å². The van der Waals surface area contributed by atoms with Crippen LogP contribution in [0.5, 0.6) is 0 Å². The molecule has 1 saturated heterocycles. The molecule has 1 N–H and O–H groups in total. The van der Waals surface area contributed by atoms with Crippen LogP contribution in [0.15, 0.2) is 35.5 Å². The van der Waals surface area contributed by atoms with Crippen molar-refractivity contribution in [3.8, 4) is 0 Å². The van der Waals surface area contributed by atoms with E-state index in [1.54, 1.807) is 12.6 Å². The summed E-state index contributed by atoms with van der Waals surface area (Å²) in [6.07, 6.45) is 7.07. The van der Waals surface area contributed by atoms with E-state index >= 15 is 0 Å². The van der Waals surface area contributed by atoms with Crippen LogP contribution in [0.25, 0.3) is 0 Å². The summed E-state index contributed by atoms with van der Waals surface area (Å²) in [6.45, 7) is 4.06. The third-order valence-electron chi connectivity index (χ3n) is 4.06. The molecule has 1 aliphatic rings. The van der Waals surface area contributed by atoms with Gasteiger partial charge in [0.1, 0.15) is 18.4 Å². The fourth-order valence-electron chi connectivity index (χ4n) is 2.93. The van der Waals surface area contributed by atoms with Gasteiger partial charge in [-0.1, -0.05) is 0 Å². The summed E-state index contributed by atoms with van der Waals surface area (Å²) in [5, 5.41) is 7.12. The largest absolute Gasteiger partial charge is 0.467 e. The lowest BCUT2D eigenvalue weighted by Crippen LogP contribution is -2.42. The Hall–Kier alpha value is -2.15. The van der Waals surface area contributed by atoms with Gasteiger partial charge < -0.3 is 9.73 Å². The molecule has 3 heterocycles. The summed E-state index contributed by atoms with van der Waals surface area (Å²) < 4.78 is 7.14. The van der Waals surface area contributed by atoms with Gasteiger partial charge in [-0.05, 0) is 38.4 Å². The molecule has 3 rings (SSSR count). The van der Waals surface area contributed by atoms with Gasteiger partial charge >= 0.3 is 0 Å². The second-order valence-electron chi connectivity index (χ2n) is 5.69. The molecule has 0 bridgehead atoms. The average molecular weight is 303 g/mol. The molecule has 2 aromatic heterocycles. The number of carbonyl (C=O) groups excluding carboxylic acids is 1. The molecule has 0 radical (unpaired) electrons. The Bertz CT molecular complexity index is 581. The minimum absolute atomic E-state index is 0.0226. The Morgan fingerprint density at radius 2 is 2.50 bits per heavy atom. The SMILES string of the molecule is C[C@H](NC(=O)CN1CCC[C@@H]1Cn1cncn1)c1ccco1. The Kier molecular flexibility index (Phi) is 4.53. The van der Waals surface area contributed by atoms with Gasteiger partial charge in [-0.15, -0.1) is 0 Å². The van der Waals surface area contributed by atoms with E-state index in [1.807, 2.05) is 23.7 Å². The number of likely N-dealkylation sites (tertiary alicyclic amines) is 1. The van der Waals surface area contributed by atoms with E-state index in [-0.39, 0.29) is 11.9 Å². The average Bonchev–Trinajstić information content (AvgIpc) is 3.22. The second-order valence-corrected chi connectivity index (χ2v) is 5.69. The van der Waals surface area contributed by atoms with E-state index in [0.29, 0.717) is 12.6 Å². The Morgan fingerprint density at radius 3 is 3.23 bits per heavy atom. The molecule has 22 heavy (non-hydrogen) atoms. The third-order valence-corrected chi connectivity index (χ3v) is 4.06. The maximum atomic E-state index is 12.2. The molecule has 2 atom stereocenters. The number of hydrogen-bond acceptors (Lipinski definition) is 5. The summed E-state index contributed by atoms with van der Waals surface area (Å²) in [5.41, 5.74) is 0. The van der Waals surface area contributed by atoms with Crippen LogP contribution in [0.2, 0.25) is 0 Å². The highest BCUT2D eigenvalue weighted by Crippen LogP contribution is 2.18. The molecule has 0 spiro atoms. The van der Waals surface area contributed by atoms with Crippen molar-refractivity contribution in [2.45, 2.75) is 38.4 Å². The standard InChI is InChI=1S/C15H21N5O2/c1-12(14-5-3-7-22-14)18-15(21)9-19-6-2-4-13(19)8-20-11-16-10-17-20/h3,5,7,10-13H,2,4,6,8-9H2,1H3,(H,18,21)/t12-,13+/m0/s1. The van der Waals surface area contributed by atoms with Crippen LogP contribution < -0.4 is 5.32 Å². The maximum absolute atomic E-state index is 12.2. The van der Waals surface area contributed by atoms with Gasteiger partial charge in [-0.25, -0.2) is 4.98 Å². The zero-order valence-corrected chi connectivity index (χ0v) is 12.7. The summed E-state index contributed by atoms with van der Waals surface area (Å²) in [5.74, 6) is 0.795. The molecule has 118 valence electrons. The molecule has 2 aromatic rings. The van der Waals surface area contributed by atoms with Crippen LogP contribution in [0.1, 0.15) is 31.6 Å². The third kappa shape index (κ3) is 3.54. The van der Waals surface area contributed by atoms with Crippen molar-refractivity contribution in [2.75, 3.05) is 13.1 Å². The molecular weight excluding hydrogens is 282 g/mol. The number of rotatable bonds is 6. The van der Waals surface area contributed by atoms with Gasteiger partial charge in [0.05, 0.1) is 25.4 Å². The van der Waals surface area contributed by atoms with Gasteiger partial charge in [0.25, 0.3) is 0 Å². The number of carbonyl (C=O) groups is 1. The molecule has 7 heteroatoms. The number of aromatic nitrogens is 3. The predicted molar refractivity (Wildman–Crippen MR) is 79.9 cm³/mol. The lowest BCUT2D eigenvalue weighted by Gasteiger charge is -2.24. The van der Waals surface area contributed by atoms with Crippen LogP contribution in [0.3, 0.4) is 0 Å².